The molecular weight excluding hydrogens is 314 g/mol. The maximum absolute atomic E-state index is 12.3. The number of hydrogen-bond acceptors (Lipinski definition) is 4. The molecule has 0 saturated heterocycles. The molecule has 0 radical (unpaired) electrons. The summed E-state index contributed by atoms with van der Waals surface area (Å²) in [4.78, 5) is 14.2. The topological polar surface area (TPSA) is 78.5 Å². The smallest absolute Gasteiger partial charge is 0.255 e. The maximum Gasteiger partial charge on any atom is 0.255 e. The molecule has 6 nitrogen and oxygen atoms in total. The van der Waals surface area contributed by atoms with Gasteiger partial charge in [-0.3, -0.25) is 9.52 Å². The number of anilines is 3. The van der Waals surface area contributed by atoms with Crippen molar-refractivity contribution in [1.82, 2.24) is 0 Å². The first-order valence-electron chi connectivity index (χ1n) is 6.91. The number of carbonyl (C=O) groups excluding carboxylic acids is 1. The zero-order valence-corrected chi connectivity index (χ0v) is 14.0. The molecule has 0 atom stereocenters. The normalized spacial score (nSPS) is 10.9. The maximum atomic E-state index is 12.3. The van der Waals surface area contributed by atoms with Gasteiger partial charge in [-0.1, -0.05) is 6.07 Å². The molecule has 0 spiro atoms. The molecule has 0 aliphatic heterocycles. The predicted octanol–water partition coefficient (Wildman–Crippen LogP) is 2.38. The highest BCUT2D eigenvalue weighted by Crippen LogP contribution is 2.17. The molecule has 0 aromatic heterocycles. The molecule has 0 saturated carbocycles. The van der Waals surface area contributed by atoms with Crippen molar-refractivity contribution in [2.24, 2.45) is 0 Å². The van der Waals surface area contributed by atoms with Gasteiger partial charge >= 0.3 is 0 Å². The second kappa shape index (κ2) is 6.70. The van der Waals surface area contributed by atoms with Crippen LogP contribution in [0.25, 0.3) is 0 Å². The molecule has 0 bridgehead atoms. The minimum atomic E-state index is -3.38. The van der Waals surface area contributed by atoms with Gasteiger partial charge in [0.2, 0.25) is 10.0 Å². The minimum absolute atomic E-state index is 0.306. The summed E-state index contributed by atoms with van der Waals surface area (Å²) in [5.74, 6) is -0.306. The van der Waals surface area contributed by atoms with Crippen LogP contribution in [0, 0.1) is 0 Å². The van der Waals surface area contributed by atoms with Crippen molar-refractivity contribution >= 4 is 33.0 Å². The Kier molecular flexibility index (Phi) is 4.90. The molecule has 0 aliphatic carbocycles. The molecule has 0 aliphatic rings. The highest BCUT2D eigenvalue weighted by atomic mass is 32.2. The summed E-state index contributed by atoms with van der Waals surface area (Å²) in [5, 5.41) is 2.78. The molecule has 2 aromatic carbocycles. The standard InChI is InChI=1S/C16H19N3O3S/c1-19(2)15-9-7-13(8-10-15)17-16(20)12-5-4-6-14(11-12)18-23(3,21)22/h4-11,18H,1-3H3,(H,17,20). The van der Waals surface area contributed by atoms with Gasteiger partial charge < -0.3 is 10.2 Å². The molecule has 0 heterocycles. The van der Waals surface area contributed by atoms with E-state index >= 15 is 0 Å². The summed E-state index contributed by atoms with van der Waals surface area (Å²) in [7, 11) is 0.499. The van der Waals surface area contributed by atoms with Gasteiger partial charge in [0.15, 0.2) is 0 Å². The van der Waals surface area contributed by atoms with Crippen LogP contribution < -0.4 is 14.9 Å². The van der Waals surface area contributed by atoms with Gasteiger partial charge in [0, 0.05) is 36.7 Å². The van der Waals surface area contributed by atoms with Crippen LogP contribution in [0.5, 0.6) is 0 Å². The van der Waals surface area contributed by atoms with Gasteiger partial charge in [0.1, 0.15) is 0 Å². The van der Waals surface area contributed by atoms with E-state index in [0.29, 0.717) is 16.9 Å². The van der Waals surface area contributed by atoms with E-state index in [0.717, 1.165) is 11.9 Å². The molecule has 0 fully saturated rings. The van der Waals surface area contributed by atoms with Gasteiger partial charge in [0.25, 0.3) is 5.91 Å². The first kappa shape index (κ1) is 16.8. The van der Waals surface area contributed by atoms with E-state index < -0.39 is 10.0 Å². The summed E-state index contributed by atoms with van der Waals surface area (Å²) in [6, 6.07) is 13.7. The fourth-order valence-electron chi connectivity index (χ4n) is 1.98. The summed E-state index contributed by atoms with van der Waals surface area (Å²) in [6.45, 7) is 0. The Labute approximate surface area is 136 Å². The Balaban J connectivity index is 2.13. The van der Waals surface area contributed by atoms with Gasteiger partial charge in [0.05, 0.1) is 6.26 Å². The van der Waals surface area contributed by atoms with Crippen molar-refractivity contribution < 1.29 is 13.2 Å². The summed E-state index contributed by atoms with van der Waals surface area (Å²) >= 11 is 0. The van der Waals surface area contributed by atoms with Crippen LogP contribution in [0.1, 0.15) is 10.4 Å². The number of rotatable bonds is 5. The number of hydrogen-bond donors (Lipinski definition) is 2. The number of carbonyl (C=O) groups is 1. The van der Waals surface area contributed by atoms with Crippen molar-refractivity contribution in [1.29, 1.82) is 0 Å². The van der Waals surface area contributed by atoms with Crippen LogP contribution >= 0.6 is 0 Å². The lowest BCUT2D eigenvalue weighted by Gasteiger charge is -2.13. The molecular formula is C16H19N3O3S. The highest BCUT2D eigenvalue weighted by molar-refractivity contribution is 7.92. The zero-order valence-electron chi connectivity index (χ0n) is 13.2. The van der Waals surface area contributed by atoms with Gasteiger partial charge in [-0.25, -0.2) is 8.42 Å². The fourth-order valence-corrected chi connectivity index (χ4v) is 2.54. The van der Waals surface area contributed by atoms with E-state index in [-0.39, 0.29) is 5.91 Å². The van der Waals surface area contributed by atoms with Gasteiger partial charge in [-0.05, 0) is 42.5 Å². The van der Waals surface area contributed by atoms with Gasteiger partial charge in [-0.15, -0.1) is 0 Å². The molecule has 122 valence electrons. The van der Waals surface area contributed by atoms with Crippen LogP contribution in [0.4, 0.5) is 17.1 Å². The van der Waals surface area contributed by atoms with Crippen LogP contribution in [-0.2, 0) is 10.0 Å². The first-order valence-corrected chi connectivity index (χ1v) is 8.80. The third kappa shape index (κ3) is 5.00. The quantitative estimate of drug-likeness (QED) is 0.880. The second-order valence-corrected chi connectivity index (χ2v) is 7.10. The summed E-state index contributed by atoms with van der Waals surface area (Å²) < 4.78 is 24.8. The Morgan fingerprint density at radius 1 is 1.00 bits per heavy atom. The Morgan fingerprint density at radius 2 is 1.65 bits per heavy atom. The van der Waals surface area contributed by atoms with Crippen LogP contribution in [0.15, 0.2) is 48.5 Å². The van der Waals surface area contributed by atoms with E-state index in [9.17, 15) is 13.2 Å². The highest BCUT2D eigenvalue weighted by Gasteiger charge is 2.09. The summed E-state index contributed by atoms with van der Waals surface area (Å²) in [6.07, 6.45) is 1.06. The van der Waals surface area contributed by atoms with Gasteiger partial charge in [-0.2, -0.15) is 0 Å². The monoisotopic (exact) mass is 333 g/mol. The lowest BCUT2D eigenvalue weighted by Crippen LogP contribution is -2.14. The Bertz CT molecular complexity index is 800. The number of benzene rings is 2. The third-order valence-electron chi connectivity index (χ3n) is 3.07. The van der Waals surface area contributed by atoms with E-state index in [1.807, 2.05) is 43.3 Å². The molecule has 2 rings (SSSR count). The first-order chi connectivity index (χ1) is 10.7. The lowest BCUT2D eigenvalue weighted by molar-refractivity contribution is 0.102. The predicted molar refractivity (Wildman–Crippen MR) is 93.6 cm³/mol. The van der Waals surface area contributed by atoms with Crippen molar-refractivity contribution in [2.75, 3.05) is 35.3 Å². The molecule has 2 aromatic rings. The van der Waals surface area contributed by atoms with Crippen molar-refractivity contribution in [2.45, 2.75) is 0 Å². The van der Waals surface area contributed by atoms with Crippen LogP contribution in [-0.4, -0.2) is 34.7 Å². The van der Waals surface area contributed by atoms with E-state index in [1.165, 1.54) is 6.07 Å². The SMILES string of the molecule is CN(C)c1ccc(NC(=O)c2cccc(NS(C)(=O)=O)c2)cc1. The van der Waals surface area contributed by atoms with Crippen LogP contribution in [0.2, 0.25) is 0 Å². The summed E-state index contributed by atoms with van der Waals surface area (Å²) in [5.41, 5.74) is 2.42. The number of nitrogens with zero attached hydrogens (tertiary/aromatic N) is 1. The molecule has 23 heavy (non-hydrogen) atoms. The Morgan fingerprint density at radius 3 is 2.22 bits per heavy atom. The number of amides is 1. The third-order valence-corrected chi connectivity index (χ3v) is 3.68. The molecule has 1 amide bonds. The van der Waals surface area contributed by atoms with Crippen molar-refractivity contribution in [3.8, 4) is 0 Å². The largest absolute Gasteiger partial charge is 0.378 e. The van der Waals surface area contributed by atoms with E-state index in [1.54, 1.807) is 18.2 Å². The number of sulfonamides is 1. The van der Waals surface area contributed by atoms with Crippen molar-refractivity contribution in [3.05, 3.63) is 54.1 Å². The van der Waals surface area contributed by atoms with E-state index in [4.69, 9.17) is 0 Å². The molecule has 7 heteroatoms. The second-order valence-electron chi connectivity index (χ2n) is 5.35. The fraction of sp³-hybridized carbons (Fsp3) is 0.188. The molecule has 2 N–H and O–H groups in total. The minimum Gasteiger partial charge on any atom is -0.378 e. The zero-order chi connectivity index (χ0) is 17.0. The number of nitrogens with one attached hydrogen (secondary N) is 2. The Hall–Kier alpha value is -2.54. The average molecular weight is 333 g/mol. The van der Waals surface area contributed by atoms with Crippen molar-refractivity contribution in [3.63, 3.8) is 0 Å². The average Bonchev–Trinajstić information content (AvgIpc) is 2.46. The van der Waals surface area contributed by atoms with E-state index in [2.05, 4.69) is 10.0 Å². The lowest BCUT2D eigenvalue weighted by atomic mass is 10.2. The van der Waals surface area contributed by atoms with Crippen LogP contribution in [0.3, 0.4) is 0 Å². The molecule has 0 unspecified atom stereocenters.